The van der Waals surface area contributed by atoms with E-state index in [1.807, 2.05) is 32.9 Å². The normalized spacial score (nSPS) is 26.2. The van der Waals surface area contributed by atoms with Crippen molar-refractivity contribution >= 4 is 52.2 Å². The van der Waals surface area contributed by atoms with Crippen molar-refractivity contribution in [2.75, 3.05) is 26.1 Å². The number of hydrogen-bond donors (Lipinski definition) is 4. The van der Waals surface area contributed by atoms with Crippen molar-refractivity contribution in [2.45, 2.75) is 129 Å². The van der Waals surface area contributed by atoms with Crippen LogP contribution in [0.4, 0.5) is 0 Å². The quantitative estimate of drug-likeness (QED) is 0.232. The summed E-state index contributed by atoms with van der Waals surface area (Å²) in [4.78, 5) is 102. The van der Waals surface area contributed by atoms with Crippen molar-refractivity contribution in [2.24, 2.45) is 17.8 Å². The molecule has 1 aliphatic heterocycles. The maximum Gasteiger partial charge on any atom is 0.311 e. The van der Waals surface area contributed by atoms with Gasteiger partial charge >= 0.3 is 5.97 Å². The molecule has 1 aliphatic rings. The van der Waals surface area contributed by atoms with Gasteiger partial charge in [-0.3, -0.25) is 37.8 Å². The molecule has 2 aromatic rings. The van der Waals surface area contributed by atoms with E-state index in [1.54, 1.807) is 69.3 Å². The molecule has 1 heterocycles. The molecule has 6 amide bonds. The van der Waals surface area contributed by atoms with Gasteiger partial charge in [-0.05, 0) is 56.1 Å². The van der Waals surface area contributed by atoms with Crippen molar-refractivity contribution in [1.82, 2.24) is 31.1 Å². The second-order valence-corrected chi connectivity index (χ2v) is 18.7. The number of hydrogen-bond acceptors (Lipinski definition) is 9. The summed E-state index contributed by atoms with van der Waals surface area (Å²) in [5.41, 5.74) is 1.42. The molecule has 0 aromatic heterocycles. The average molecular weight is 881 g/mol. The van der Waals surface area contributed by atoms with E-state index < -0.39 is 106 Å². The number of nitrogens with one attached hydrogen (secondary N) is 4. The number of cyclic esters (lactones) is 1. The van der Waals surface area contributed by atoms with E-state index in [4.69, 9.17) is 4.74 Å². The highest BCUT2D eigenvalue weighted by Crippen LogP contribution is 2.21. The third-order valence-corrected chi connectivity index (χ3v) is 12.0. The van der Waals surface area contributed by atoms with Gasteiger partial charge in [-0.25, -0.2) is 0 Å². The van der Waals surface area contributed by atoms with Gasteiger partial charge in [0.05, 0.1) is 5.92 Å². The minimum atomic E-state index is -1.37. The Morgan fingerprint density at radius 1 is 0.661 bits per heavy atom. The van der Waals surface area contributed by atoms with E-state index in [0.29, 0.717) is 24.0 Å². The Hall–Kier alpha value is -5.12. The fraction of sp³-hybridized carbons (Fsp3) is 0.587. The number of esters is 1. The van der Waals surface area contributed by atoms with Gasteiger partial charge in [-0.1, -0.05) is 102 Å². The number of benzene rings is 2. The number of nitrogens with zero attached hydrogens (tertiary/aromatic N) is 2. The third-order valence-electron chi connectivity index (χ3n) is 11.2. The molecule has 4 N–H and O–H groups in total. The molecule has 9 atom stereocenters. The van der Waals surface area contributed by atoms with Crippen LogP contribution >= 0.6 is 0 Å². The Morgan fingerprint density at radius 3 is 1.73 bits per heavy atom. The van der Waals surface area contributed by atoms with Crippen LogP contribution in [0.3, 0.4) is 0 Å². The molecule has 0 unspecified atom stereocenters. The molecular formula is C46H68N6O9S. The van der Waals surface area contributed by atoms with Crippen LogP contribution in [0.15, 0.2) is 60.7 Å². The van der Waals surface area contributed by atoms with Gasteiger partial charge in [-0.15, -0.1) is 0 Å². The van der Waals surface area contributed by atoms with Gasteiger partial charge in [0.1, 0.15) is 30.2 Å². The van der Waals surface area contributed by atoms with Crippen molar-refractivity contribution in [3.8, 4) is 0 Å². The lowest BCUT2D eigenvalue weighted by Gasteiger charge is -2.35. The number of carbonyl (C=O) groups is 7. The average Bonchev–Trinajstić information content (AvgIpc) is 3.23. The van der Waals surface area contributed by atoms with Crippen LogP contribution in [-0.2, 0) is 61.9 Å². The smallest absolute Gasteiger partial charge is 0.311 e. The second-order valence-electron chi connectivity index (χ2n) is 17.2. The fourth-order valence-corrected chi connectivity index (χ4v) is 7.90. The summed E-state index contributed by atoms with van der Waals surface area (Å²) in [6.07, 6.45) is 1.34. The Balaban J connectivity index is 2.22. The molecule has 1 saturated heterocycles. The molecule has 0 spiro atoms. The van der Waals surface area contributed by atoms with E-state index in [2.05, 4.69) is 21.3 Å². The van der Waals surface area contributed by atoms with E-state index in [-0.39, 0.29) is 37.4 Å². The van der Waals surface area contributed by atoms with Crippen LogP contribution in [0, 0.1) is 17.8 Å². The zero-order valence-electron chi connectivity index (χ0n) is 38.0. The molecule has 62 heavy (non-hydrogen) atoms. The highest BCUT2D eigenvalue weighted by molar-refractivity contribution is 7.84. The van der Waals surface area contributed by atoms with Gasteiger partial charge in [0, 0.05) is 55.8 Å². The van der Waals surface area contributed by atoms with Gasteiger partial charge in [0.15, 0.2) is 6.10 Å². The lowest BCUT2D eigenvalue weighted by molar-refractivity contribution is -0.168. The van der Waals surface area contributed by atoms with Crippen LogP contribution in [0.25, 0.3) is 0 Å². The van der Waals surface area contributed by atoms with Crippen LogP contribution in [0.5, 0.6) is 0 Å². The largest absolute Gasteiger partial charge is 0.452 e. The summed E-state index contributed by atoms with van der Waals surface area (Å²) in [6, 6.07) is 11.4. The van der Waals surface area contributed by atoms with Crippen LogP contribution in [0.1, 0.15) is 85.3 Å². The molecule has 3 rings (SSSR count). The molecule has 16 heteroatoms. The molecular weight excluding hydrogens is 813 g/mol. The first-order chi connectivity index (χ1) is 29.2. The standard InChI is InChI=1S/C46H68N6O9S/c1-11-18-34-30(6)46(59)61-39(29(4)5)45(58)52(9)38(27-33-21-16-13-17-22-33)43(56)49-35(23-24-62(10)60)41(54)50-36(26-32-19-14-12-15-20-32)44(57)51(8)37(25-28(2)3)42(55)47-31(7)40(53)48-34/h12-17,19-22,28-31,34-39H,11,18,23-27H2,1-10H3,(H,47,55)(H,48,53)(H,49,56)(H,50,54)/t30-,31-,34+,35-,36-,37-,38-,39+,62-/m0/s1. The summed E-state index contributed by atoms with van der Waals surface area (Å²) in [5.74, 6) is -6.06. The van der Waals surface area contributed by atoms with Crippen molar-refractivity contribution in [3.05, 3.63) is 71.8 Å². The molecule has 15 nitrogen and oxygen atoms in total. The monoisotopic (exact) mass is 880 g/mol. The fourth-order valence-electron chi connectivity index (χ4n) is 7.34. The topological polar surface area (TPSA) is 200 Å². The molecule has 2 aromatic carbocycles. The van der Waals surface area contributed by atoms with E-state index >= 15 is 0 Å². The molecule has 0 saturated carbocycles. The minimum absolute atomic E-state index is 0.0265. The minimum Gasteiger partial charge on any atom is -0.452 e. The first-order valence-corrected chi connectivity index (χ1v) is 23.3. The zero-order valence-corrected chi connectivity index (χ0v) is 38.8. The molecule has 0 aliphatic carbocycles. The van der Waals surface area contributed by atoms with Gasteiger partial charge in [0.2, 0.25) is 29.5 Å². The maximum atomic E-state index is 14.6. The highest BCUT2D eigenvalue weighted by atomic mass is 32.2. The SMILES string of the molecule is CCC[C@H]1NC(=O)[C@H](C)NC(=O)[C@H](CC(C)C)N(C)C(=O)[C@H](Cc2ccccc2)NC(=O)[C@H](CC[S@](C)=O)NC(=O)[C@H](Cc2ccccc2)N(C)C(=O)[C@@H](C(C)C)OC(=O)[C@H]1C. The highest BCUT2D eigenvalue weighted by Gasteiger charge is 2.40. The van der Waals surface area contributed by atoms with Crippen molar-refractivity contribution in [1.29, 1.82) is 0 Å². The summed E-state index contributed by atoms with van der Waals surface area (Å²) < 4.78 is 18.3. The predicted octanol–water partition coefficient (Wildman–Crippen LogP) is 2.92. The summed E-state index contributed by atoms with van der Waals surface area (Å²) >= 11 is 0. The van der Waals surface area contributed by atoms with Crippen LogP contribution in [0.2, 0.25) is 0 Å². The molecule has 0 radical (unpaired) electrons. The van der Waals surface area contributed by atoms with Crippen molar-refractivity contribution in [3.63, 3.8) is 0 Å². The molecule has 0 bridgehead atoms. The van der Waals surface area contributed by atoms with E-state index in [9.17, 15) is 37.8 Å². The summed E-state index contributed by atoms with van der Waals surface area (Å²) in [5, 5.41) is 11.3. The first-order valence-electron chi connectivity index (χ1n) is 21.6. The number of carbonyl (C=O) groups excluding carboxylic acids is 7. The van der Waals surface area contributed by atoms with Crippen molar-refractivity contribution < 1.29 is 42.5 Å². The number of amides is 6. The Kier molecular flexibility index (Phi) is 20.2. The predicted molar refractivity (Wildman–Crippen MR) is 239 cm³/mol. The lowest BCUT2D eigenvalue weighted by atomic mass is 9.96. The number of ether oxygens (including phenoxy) is 1. The van der Waals surface area contributed by atoms with E-state index in [0.717, 1.165) is 0 Å². The summed E-state index contributed by atoms with van der Waals surface area (Å²) in [6.45, 7) is 12.2. The second kappa shape index (κ2) is 24.5. The van der Waals surface area contributed by atoms with E-state index in [1.165, 1.54) is 37.1 Å². The molecule has 1 fully saturated rings. The Morgan fingerprint density at radius 2 is 1.19 bits per heavy atom. The van der Waals surface area contributed by atoms with Gasteiger partial charge in [-0.2, -0.15) is 0 Å². The zero-order chi connectivity index (χ0) is 46.3. The van der Waals surface area contributed by atoms with Gasteiger partial charge in [0.25, 0.3) is 5.91 Å². The Bertz CT molecular complexity index is 1860. The summed E-state index contributed by atoms with van der Waals surface area (Å²) in [7, 11) is 1.53. The first kappa shape index (κ1) is 51.2. The Labute approximate surface area is 369 Å². The van der Waals surface area contributed by atoms with Gasteiger partial charge < -0.3 is 35.8 Å². The molecule has 342 valence electrons. The van der Waals surface area contributed by atoms with Crippen LogP contribution < -0.4 is 21.3 Å². The lowest BCUT2D eigenvalue weighted by Crippen LogP contribution is -2.61. The number of rotatable bonds is 12. The maximum absolute atomic E-state index is 14.6. The third kappa shape index (κ3) is 15.1. The number of likely N-dealkylation sites (N-methyl/N-ethyl adjacent to an activating group) is 2. The van der Waals surface area contributed by atoms with Crippen LogP contribution in [-0.4, -0.2) is 124 Å².